The van der Waals surface area contributed by atoms with Crippen LogP contribution in [0.2, 0.25) is 4.34 Å². The smallest absolute Gasteiger partial charge is 0.410 e. The minimum absolute atomic E-state index is 0.214. The first-order chi connectivity index (χ1) is 10.2. The van der Waals surface area contributed by atoms with Crippen LogP contribution in [0.25, 0.3) is 0 Å². The third-order valence-corrected chi connectivity index (χ3v) is 4.17. The minimum atomic E-state index is -0.461. The number of carbonyl (C=O) groups excluding carboxylic acids is 1. The first-order valence-corrected chi connectivity index (χ1v) is 8.94. The molecule has 0 saturated heterocycles. The van der Waals surface area contributed by atoms with Crippen molar-refractivity contribution in [1.29, 1.82) is 0 Å². The van der Waals surface area contributed by atoms with E-state index in [1.165, 1.54) is 16.9 Å². The molecule has 0 radical (unpaired) electrons. The molecule has 4 nitrogen and oxygen atoms in total. The number of hydrogen-bond acceptors (Lipinski definition) is 4. The minimum Gasteiger partial charge on any atom is -0.444 e. The Morgan fingerprint density at radius 1 is 1.45 bits per heavy atom. The van der Waals surface area contributed by atoms with Crippen molar-refractivity contribution in [3.63, 3.8) is 0 Å². The molecule has 6 heteroatoms. The highest BCUT2D eigenvalue weighted by Crippen LogP contribution is 2.24. The Labute approximate surface area is 142 Å². The van der Waals surface area contributed by atoms with Gasteiger partial charge in [0.05, 0.1) is 4.34 Å². The van der Waals surface area contributed by atoms with Crippen molar-refractivity contribution in [3.8, 4) is 0 Å². The van der Waals surface area contributed by atoms with E-state index in [0.717, 1.165) is 10.8 Å². The first kappa shape index (κ1) is 19.3. The normalized spacial score (nSPS) is 13.0. The highest BCUT2D eigenvalue weighted by Gasteiger charge is 2.21. The molecule has 1 aromatic rings. The molecule has 0 spiro atoms. The lowest BCUT2D eigenvalue weighted by atomic mass is 10.2. The summed E-state index contributed by atoms with van der Waals surface area (Å²) in [5, 5.41) is 5.47. The molecule has 0 saturated carbocycles. The molecule has 1 N–H and O–H groups in total. The maximum absolute atomic E-state index is 12.2. The fraction of sp³-hybridized carbons (Fsp3) is 0.688. The van der Waals surface area contributed by atoms with Crippen LogP contribution in [0.3, 0.4) is 0 Å². The van der Waals surface area contributed by atoms with Gasteiger partial charge in [0.15, 0.2) is 0 Å². The molecule has 0 aliphatic heterocycles. The average molecular weight is 347 g/mol. The number of amides is 1. The van der Waals surface area contributed by atoms with E-state index >= 15 is 0 Å². The third-order valence-electron chi connectivity index (χ3n) is 3.07. The van der Waals surface area contributed by atoms with Crippen molar-refractivity contribution in [3.05, 3.63) is 21.3 Å². The van der Waals surface area contributed by atoms with E-state index in [9.17, 15) is 4.79 Å². The first-order valence-electron chi connectivity index (χ1n) is 7.68. The molecule has 1 atom stereocenters. The molecule has 1 amide bonds. The van der Waals surface area contributed by atoms with Gasteiger partial charge in [-0.25, -0.2) is 4.79 Å². The summed E-state index contributed by atoms with van der Waals surface area (Å²) in [5.41, 5.74) is 0.714. The quantitative estimate of drug-likeness (QED) is 0.778. The number of halogens is 1. The van der Waals surface area contributed by atoms with Gasteiger partial charge in [0, 0.05) is 25.7 Å². The molecule has 0 aromatic carbocycles. The number of ether oxygens (including phenoxy) is 1. The fourth-order valence-corrected chi connectivity index (χ4v) is 2.96. The summed E-state index contributed by atoms with van der Waals surface area (Å²) in [6.45, 7) is 11.9. The number of thiophene rings is 1. The fourth-order valence-electron chi connectivity index (χ4n) is 1.98. The Morgan fingerprint density at radius 3 is 2.64 bits per heavy atom. The van der Waals surface area contributed by atoms with Gasteiger partial charge in [-0.15, -0.1) is 11.3 Å². The second-order valence-electron chi connectivity index (χ2n) is 6.33. The van der Waals surface area contributed by atoms with Crippen molar-refractivity contribution in [2.24, 2.45) is 0 Å². The van der Waals surface area contributed by atoms with Crippen LogP contribution in [0.5, 0.6) is 0 Å². The van der Waals surface area contributed by atoms with E-state index in [1.54, 1.807) is 4.90 Å². The zero-order valence-electron chi connectivity index (χ0n) is 14.1. The predicted molar refractivity (Wildman–Crippen MR) is 93.8 cm³/mol. The number of hydrogen-bond donors (Lipinski definition) is 1. The summed E-state index contributed by atoms with van der Waals surface area (Å²) in [7, 11) is 0. The van der Waals surface area contributed by atoms with E-state index in [-0.39, 0.29) is 12.1 Å². The topological polar surface area (TPSA) is 41.6 Å². The highest BCUT2D eigenvalue weighted by atomic mass is 35.5. The van der Waals surface area contributed by atoms with Crippen LogP contribution in [-0.2, 0) is 4.74 Å². The zero-order chi connectivity index (χ0) is 16.8. The van der Waals surface area contributed by atoms with Gasteiger partial charge in [-0.3, -0.25) is 0 Å². The molecule has 0 aliphatic carbocycles. The molecular weight excluding hydrogens is 320 g/mol. The van der Waals surface area contributed by atoms with Crippen LogP contribution in [0.1, 0.15) is 52.6 Å². The lowest BCUT2D eigenvalue weighted by Crippen LogP contribution is -2.41. The average Bonchev–Trinajstić information content (AvgIpc) is 2.82. The lowest BCUT2D eigenvalue weighted by molar-refractivity contribution is 0.0251. The predicted octanol–water partition coefficient (Wildman–Crippen LogP) is 4.70. The van der Waals surface area contributed by atoms with E-state index in [2.05, 4.69) is 24.5 Å². The lowest BCUT2D eigenvalue weighted by Gasteiger charge is -2.27. The molecular formula is C16H27ClN2O2S. The second-order valence-corrected chi connectivity index (χ2v) is 7.87. The molecule has 0 bridgehead atoms. The number of nitrogens with zero attached hydrogens (tertiary/aromatic N) is 1. The summed E-state index contributed by atoms with van der Waals surface area (Å²) in [6, 6.07) is 2.19. The van der Waals surface area contributed by atoms with Crippen molar-refractivity contribution in [2.45, 2.75) is 52.7 Å². The van der Waals surface area contributed by atoms with E-state index in [0.29, 0.717) is 19.6 Å². The molecule has 22 heavy (non-hydrogen) atoms. The SMILES string of the molecule is CCCN(CCNC(C)c1csc(Cl)c1)C(=O)OC(C)(C)C. The summed E-state index contributed by atoms with van der Waals surface area (Å²) >= 11 is 7.49. The second kappa shape index (κ2) is 8.75. The standard InChI is InChI=1S/C16H27ClN2O2S/c1-6-8-19(15(20)21-16(3,4)5)9-7-18-12(2)13-10-14(17)22-11-13/h10-12,18H,6-9H2,1-5H3. The van der Waals surface area contributed by atoms with Gasteiger partial charge in [0.1, 0.15) is 5.60 Å². The van der Waals surface area contributed by atoms with Crippen molar-refractivity contribution in [1.82, 2.24) is 10.2 Å². The largest absolute Gasteiger partial charge is 0.444 e. The molecule has 0 fully saturated rings. The van der Waals surface area contributed by atoms with Gasteiger partial charge in [-0.05, 0) is 51.1 Å². The number of rotatable bonds is 7. The Balaban J connectivity index is 2.45. The molecule has 1 unspecified atom stereocenters. The number of nitrogens with one attached hydrogen (secondary N) is 1. The molecule has 1 rings (SSSR count). The maximum atomic E-state index is 12.2. The molecule has 1 aromatic heterocycles. The van der Waals surface area contributed by atoms with Crippen LogP contribution < -0.4 is 5.32 Å². The molecule has 126 valence electrons. The number of carbonyl (C=O) groups is 1. The van der Waals surface area contributed by atoms with Crippen LogP contribution in [0.4, 0.5) is 4.79 Å². The summed E-state index contributed by atoms with van der Waals surface area (Å²) in [5.74, 6) is 0. The van der Waals surface area contributed by atoms with Crippen LogP contribution >= 0.6 is 22.9 Å². The summed E-state index contributed by atoms with van der Waals surface area (Å²) in [6.07, 6.45) is 0.664. The van der Waals surface area contributed by atoms with Gasteiger partial charge in [-0.2, -0.15) is 0 Å². The van der Waals surface area contributed by atoms with Gasteiger partial charge in [-0.1, -0.05) is 18.5 Å². The summed E-state index contributed by atoms with van der Waals surface area (Å²) in [4.78, 5) is 13.9. The molecule has 0 aliphatic rings. The Hall–Kier alpha value is -0.780. The van der Waals surface area contributed by atoms with Crippen molar-refractivity contribution >= 4 is 29.0 Å². The Kier molecular flexibility index (Phi) is 7.66. The van der Waals surface area contributed by atoms with Crippen LogP contribution in [0.15, 0.2) is 11.4 Å². The highest BCUT2D eigenvalue weighted by molar-refractivity contribution is 7.14. The summed E-state index contributed by atoms with van der Waals surface area (Å²) < 4.78 is 6.24. The maximum Gasteiger partial charge on any atom is 0.410 e. The Bertz CT molecular complexity index is 471. The van der Waals surface area contributed by atoms with Gasteiger partial charge in [0.25, 0.3) is 0 Å². The van der Waals surface area contributed by atoms with E-state index in [1.807, 2.05) is 26.8 Å². The van der Waals surface area contributed by atoms with Crippen molar-refractivity contribution in [2.75, 3.05) is 19.6 Å². The Morgan fingerprint density at radius 2 is 2.14 bits per heavy atom. The van der Waals surface area contributed by atoms with Gasteiger partial charge in [0.2, 0.25) is 0 Å². The zero-order valence-corrected chi connectivity index (χ0v) is 15.7. The van der Waals surface area contributed by atoms with Crippen LogP contribution in [-0.4, -0.2) is 36.2 Å². The van der Waals surface area contributed by atoms with Crippen molar-refractivity contribution < 1.29 is 9.53 Å². The van der Waals surface area contributed by atoms with Gasteiger partial charge >= 0.3 is 6.09 Å². The van der Waals surface area contributed by atoms with Crippen LogP contribution in [0, 0.1) is 0 Å². The van der Waals surface area contributed by atoms with Gasteiger partial charge < -0.3 is 15.0 Å². The van der Waals surface area contributed by atoms with E-state index < -0.39 is 5.60 Å². The monoisotopic (exact) mass is 346 g/mol. The van der Waals surface area contributed by atoms with E-state index in [4.69, 9.17) is 16.3 Å². The molecule has 1 heterocycles. The third kappa shape index (κ3) is 6.99.